The summed E-state index contributed by atoms with van der Waals surface area (Å²) >= 11 is 5.93. The minimum absolute atomic E-state index is 0.317. The number of carbonyl (C=O) groups excluding carboxylic acids is 4. The number of amides is 7. The van der Waals surface area contributed by atoms with E-state index in [2.05, 4.69) is 42.8 Å². The smallest absolute Gasteiger partial charge is 0.399 e. The van der Waals surface area contributed by atoms with Gasteiger partial charge in [0.05, 0.1) is 46.9 Å². The van der Waals surface area contributed by atoms with Crippen LogP contribution in [0.5, 0.6) is 0 Å². The van der Waals surface area contributed by atoms with E-state index in [1.807, 2.05) is 150 Å². The number of rotatable bonds is 14. The van der Waals surface area contributed by atoms with Crippen LogP contribution in [0.15, 0.2) is 232 Å². The Kier molecular flexibility index (Phi) is 23.7. The zero-order valence-corrected chi connectivity index (χ0v) is 58.1. The fourth-order valence-corrected chi connectivity index (χ4v) is 10.9. The Bertz CT molecular complexity index is 5200. The summed E-state index contributed by atoms with van der Waals surface area (Å²) in [4.78, 5) is 60.0. The Hall–Kier alpha value is -12.3. The molecular formula is C75H68BClF9N15O6. The predicted molar refractivity (Wildman–Crippen MR) is 397 cm³/mol. The van der Waals surface area contributed by atoms with E-state index in [0.717, 1.165) is 55.9 Å². The van der Waals surface area contributed by atoms with E-state index in [1.54, 1.807) is 126 Å². The van der Waals surface area contributed by atoms with Crippen LogP contribution in [0.3, 0.4) is 0 Å². The highest BCUT2D eigenvalue weighted by Gasteiger charge is 2.52. The second-order valence-electron chi connectivity index (χ2n) is 24.8. The zero-order valence-electron chi connectivity index (χ0n) is 57.3. The second-order valence-corrected chi connectivity index (χ2v) is 25.3. The van der Waals surface area contributed by atoms with Crippen molar-refractivity contribution in [1.82, 2.24) is 44.1 Å². The molecule has 0 aliphatic carbocycles. The SMILES string of the molecule is C=CC(=O)Nc1ccccc1-c1ccn2c(-c3cccc(NC(=O)NCC(F)(F)F)c3)cnc2c1.CC1(C)OB(c2ccccc2N)OC1(C)C.Nc1ccccc1-c1ccn2c(-c3cccc(NC(=O)NCC(F)(F)F)c3)cnc2c1.O=C(NCC(F)(F)F)Nc1cccc(-c2cnc3cc(Cl)ccn23)c1. The fourth-order valence-electron chi connectivity index (χ4n) is 10.7. The lowest BCUT2D eigenvalue weighted by atomic mass is 9.78. The van der Waals surface area contributed by atoms with Crippen LogP contribution in [0.1, 0.15) is 27.7 Å². The van der Waals surface area contributed by atoms with Gasteiger partial charge >= 0.3 is 43.7 Å². The summed E-state index contributed by atoms with van der Waals surface area (Å²) in [7, 11) is -0.369. The number of hydrogen-bond donors (Lipinski definition) is 9. The number of imidazole rings is 3. The molecule has 1 aliphatic rings. The molecule has 0 saturated carbocycles. The van der Waals surface area contributed by atoms with Crippen LogP contribution in [0.2, 0.25) is 5.02 Å². The van der Waals surface area contributed by atoms with Crippen molar-refractivity contribution >= 4 is 99.2 Å². The molecule has 6 aromatic carbocycles. The number of anilines is 6. The maximum absolute atomic E-state index is 12.3. The summed E-state index contributed by atoms with van der Waals surface area (Å²) in [6.07, 6.45) is -1.77. The highest BCUT2D eigenvalue weighted by Crippen LogP contribution is 2.38. The number of carbonyl (C=O) groups is 4. The number of nitrogens with zero attached hydrogens (tertiary/aromatic N) is 6. The van der Waals surface area contributed by atoms with Gasteiger partial charge in [-0.25, -0.2) is 29.3 Å². The molecule has 1 fully saturated rings. The average Bonchev–Trinajstić information content (AvgIpc) is 1.44. The van der Waals surface area contributed by atoms with E-state index in [4.69, 9.17) is 32.4 Å². The van der Waals surface area contributed by atoms with E-state index in [1.165, 1.54) is 6.08 Å². The Morgan fingerprint density at radius 2 is 0.841 bits per heavy atom. The second kappa shape index (κ2) is 32.8. The molecule has 0 unspecified atom stereocenters. The molecule has 7 amide bonds. The fraction of sp³-hybridized carbons (Fsp3) is 0.160. The molecule has 6 aromatic heterocycles. The molecular weight excluding hydrogens is 1420 g/mol. The summed E-state index contributed by atoms with van der Waals surface area (Å²) in [6.45, 7) is 7.39. The number of aromatic nitrogens is 6. The minimum Gasteiger partial charge on any atom is -0.399 e. The van der Waals surface area contributed by atoms with Crippen molar-refractivity contribution in [2.24, 2.45) is 0 Å². The predicted octanol–water partition coefficient (Wildman–Crippen LogP) is 16.3. The summed E-state index contributed by atoms with van der Waals surface area (Å²) in [5, 5.41) is 15.8. The van der Waals surface area contributed by atoms with Gasteiger partial charge in [-0.3, -0.25) is 18.0 Å². The molecule has 0 spiro atoms. The molecule has 32 heteroatoms. The first-order valence-electron chi connectivity index (χ1n) is 32.5. The van der Waals surface area contributed by atoms with Crippen molar-refractivity contribution < 1.29 is 68.0 Å². The molecule has 21 nitrogen and oxygen atoms in total. The molecule has 11 N–H and O–H groups in total. The molecule has 552 valence electrons. The van der Waals surface area contributed by atoms with Gasteiger partial charge in [0.25, 0.3) is 0 Å². The van der Waals surface area contributed by atoms with Crippen LogP contribution < -0.4 is 54.1 Å². The number of benzene rings is 6. The lowest BCUT2D eigenvalue weighted by Crippen LogP contribution is -2.41. The Labute approximate surface area is 611 Å². The molecule has 0 atom stereocenters. The van der Waals surface area contributed by atoms with Crippen molar-refractivity contribution in [3.05, 3.63) is 237 Å². The van der Waals surface area contributed by atoms with E-state index in [0.29, 0.717) is 61.7 Å². The lowest BCUT2D eigenvalue weighted by Gasteiger charge is -2.32. The largest absolute Gasteiger partial charge is 0.496 e. The number of halogens is 10. The number of nitrogen functional groups attached to an aromatic ring is 2. The van der Waals surface area contributed by atoms with Crippen molar-refractivity contribution in [1.29, 1.82) is 0 Å². The Morgan fingerprint density at radius 3 is 1.25 bits per heavy atom. The van der Waals surface area contributed by atoms with E-state index in [9.17, 15) is 58.7 Å². The van der Waals surface area contributed by atoms with Crippen molar-refractivity contribution in [3.63, 3.8) is 0 Å². The molecule has 12 aromatic rings. The third-order valence-corrected chi connectivity index (χ3v) is 16.8. The van der Waals surface area contributed by atoms with E-state index < -0.39 is 56.3 Å². The third-order valence-electron chi connectivity index (χ3n) is 16.6. The van der Waals surface area contributed by atoms with Crippen LogP contribution >= 0.6 is 11.6 Å². The Balaban J connectivity index is 0.000000157. The first-order chi connectivity index (χ1) is 50.7. The molecule has 0 radical (unpaired) electrons. The number of nitrogens with one attached hydrogen (secondary N) is 7. The molecule has 13 rings (SSSR count). The van der Waals surface area contributed by atoms with Gasteiger partial charge in [0.1, 0.15) is 36.6 Å². The monoisotopic (exact) mass is 1490 g/mol. The standard InChI is InChI=1S/C25H20F3N5O2.C22H18F3N5O.C16H12ClF3N4O.C12H18BNO2/c1-2-23(34)32-20-9-4-3-8-19(20)16-10-11-33-21(14-29-22(33)13-16)17-6-5-7-18(12-17)31-24(35)30-15-25(26,27)28;23-22(24,25)13-28-21(31)29-16-5-3-4-15(10-16)19-12-27-20-11-14(8-9-30(19)20)17-6-1-2-7-18(17)26;17-11-4-5-24-13(8-21-14(24)7-11)10-2-1-3-12(6-10)23-15(25)22-9-16(18,19)20;1-11(2)12(3,4)16-13(15-11)9-7-5-6-8-10(9)14/h2-14H,1,15H2,(H,32,34)(H2,30,31,35);1-12H,13,26H2,(H2,28,29,31);1-8H,9H2,(H2,22,23,25);5-8H,14H2,1-4H3. The van der Waals surface area contributed by atoms with Gasteiger partial charge in [-0.15, -0.1) is 0 Å². The number of para-hydroxylation sites is 3. The van der Waals surface area contributed by atoms with E-state index >= 15 is 0 Å². The summed E-state index contributed by atoms with van der Waals surface area (Å²) < 4.78 is 127. The molecule has 107 heavy (non-hydrogen) atoms. The molecule has 1 aliphatic heterocycles. The van der Waals surface area contributed by atoms with Crippen molar-refractivity contribution in [3.8, 4) is 56.0 Å². The summed E-state index contributed by atoms with van der Waals surface area (Å²) in [5.41, 5.74) is 25.2. The van der Waals surface area contributed by atoms with Gasteiger partial charge < -0.3 is 58.0 Å². The third kappa shape index (κ3) is 20.6. The minimum atomic E-state index is -4.49. The first kappa shape index (κ1) is 77.3. The molecule has 0 bridgehead atoms. The van der Waals surface area contributed by atoms with Gasteiger partial charge in [0.2, 0.25) is 5.91 Å². The van der Waals surface area contributed by atoms with Gasteiger partial charge in [-0.05, 0) is 130 Å². The van der Waals surface area contributed by atoms with Crippen LogP contribution in [-0.4, -0.2) is 109 Å². The van der Waals surface area contributed by atoms with Crippen LogP contribution in [-0.2, 0) is 14.1 Å². The van der Waals surface area contributed by atoms with Gasteiger partial charge in [-0.2, -0.15) is 39.5 Å². The van der Waals surface area contributed by atoms with Gasteiger partial charge in [0.15, 0.2) is 0 Å². The van der Waals surface area contributed by atoms with Crippen LogP contribution in [0.4, 0.5) is 88.0 Å². The number of hydrogen-bond acceptors (Lipinski definition) is 11. The summed E-state index contributed by atoms with van der Waals surface area (Å²) in [6, 6.07) is 51.0. The maximum atomic E-state index is 12.3. The van der Waals surface area contributed by atoms with Gasteiger partial charge in [-0.1, -0.05) is 109 Å². The van der Waals surface area contributed by atoms with Crippen molar-refractivity contribution in [2.45, 2.75) is 57.4 Å². The molecule has 7 heterocycles. The first-order valence-corrected chi connectivity index (χ1v) is 32.9. The van der Waals surface area contributed by atoms with Gasteiger partial charge in [0, 0.05) is 97.1 Å². The van der Waals surface area contributed by atoms with E-state index in [-0.39, 0.29) is 24.2 Å². The number of nitrogens with two attached hydrogens (primary N) is 2. The number of pyridine rings is 3. The van der Waals surface area contributed by atoms with Crippen LogP contribution in [0.25, 0.3) is 73.0 Å². The average molecular weight is 1490 g/mol. The normalized spacial score (nSPS) is 13.0. The quantitative estimate of drug-likeness (QED) is 0.0214. The lowest BCUT2D eigenvalue weighted by molar-refractivity contribution is -0.123. The number of fused-ring (bicyclic) bond motifs is 3. The number of alkyl halides is 9. The Morgan fingerprint density at radius 1 is 0.467 bits per heavy atom. The highest BCUT2D eigenvalue weighted by molar-refractivity contribution is 6.63. The molecule has 1 saturated heterocycles. The summed E-state index contributed by atoms with van der Waals surface area (Å²) in [5.74, 6) is -0.317. The van der Waals surface area contributed by atoms with Crippen LogP contribution in [0, 0.1) is 0 Å². The number of urea groups is 3. The maximum Gasteiger partial charge on any atom is 0.496 e. The topological polar surface area (TPSA) is 275 Å². The highest BCUT2D eigenvalue weighted by atomic mass is 35.5. The van der Waals surface area contributed by atoms with Crippen molar-refractivity contribution in [2.75, 3.05) is 52.4 Å². The zero-order chi connectivity index (χ0) is 77.0.